The third-order valence-corrected chi connectivity index (χ3v) is 7.18. The number of nitrogens with zero attached hydrogens (tertiary/aromatic N) is 5. The maximum Gasteiger partial charge on any atom is 0.242 e. The number of carbonyl (C=O) groups excluding carboxylic acids is 1. The molecule has 0 radical (unpaired) electrons. The van der Waals surface area contributed by atoms with Crippen molar-refractivity contribution in [2.24, 2.45) is 0 Å². The van der Waals surface area contributed by atoms with Crippen LogP contribution in [0.15, 0.2) is 78.2 Å². The molecule has 0 bridgehead atoms. The highest BCUT2D eigenvalue weighted by atomic mass is 32.2. The third kappa shape index (κ3) is 4.87. The van der Waals surface area contributed by atoms with E-state index < -0.39 is 0 Å². The van der Waals surface area contributed by atoms with Gasteiger partial charge in [0.1, 0.15) is 23.1 Å². The Bertz CT molecular complexity index is 1250. The number of fused-ring (bicyclic) bond motifs is 1. The van der Waals surface area contributed by atoms with Gasteiger partial charge in [0.05, 0.1) is 12.6 Å². The number of thioether (sulfide) groups is 1. The zero-order chi connectivity index (χ0) is 23.3. The largest absolute Gasteiger partial charge is 0.497 e. The maximum absolute atomic E-state index is 13.0. The molecule has 0 saturated carbocycles. The predicted molar refractivity (Wildman–Crippen MR) is 135 cm³/mol. The molecule has 5 rings (SSSR count). The van der Waals surface area contributed by atoms with Crippen molar-refractivity contribution in [1.82, 2.24) is 19.4 Å². The minimum atomic E-state index is 0.141. The van der Waals surface area contributed by atoms with Crippen molar-refractivity contribution in [3.05, 3.63) is 78.8 Å². The van der Waals surface area contributed by atoms with E-state index in [4.69, 9.17) is 4.74 Å². The van der Waals surface area contributed by atoms with Crippen LogP contribution >= 0.6 is 11.8 Å². The minimum absolute atomic E-state index is 0.141. The van der Waals surface area contributed by atoms with Gasteiger partial charge < -0.3 is 19.1 Å². The number of pyridine rings is 2. The molecule has 0 spiro atoms. The lowest BCUT2D eigenvalue weighted by atomic mass is 10.2. The Balaban J connectivity index is 1.22. The number of anilines is 1. The SMILES string of the molecule is COc1ccc(CSc2nccc3c2ccn3CC(=O)N2CCN(c3ccccn3)CC2)cc1. The van der Waals surface area contributed by atoms with Gasteiger partial charge in [-0.15, -0.1) is 11.8 Å². The first-order chi connectivity index (χ1) is 16.7. The lowest BCUT2D eigenvalue weighted by molar-refractivity contribution is -0.132. The summed E-state index contributed by atoms with van der Waals surface area (Å²) in [4.78, 5) is 26.2. The van der Waals surface area contributed by atoms with Gasteiger partial charge in [-0.25, -0.2) is 9.97 Å². The zero-order valence-electron chi connectivity index (χ0n) is 19.1. The van der Waals surface area contributed by atoms with Crippen LogP contribution in [0.5, 0.6) is 5.75 Å². The van der Waals surface area contributed by atoms with Crippen LogP contribution in [0.2, 0.25) is 0 Å². The highest BCUT2D eigenvalue weighted by Gasteiger charge is 2.22. The van der Waals surface area contributed by atoms with Crippen molar-refractivity contribution in [3.8, 4) is 5.75 Å². The number of hydrogen-bond acceptors (Lipinski definition) is 6. The van der Waals surface area contributed by atoms with E-state index in [2.05, 4.69) is 33.1 Å². The van der Waals surface area contributed by atoms with Gasteiger partial charge in [0.15, 0.2) is 0 Å². The number of piperazine rings is 1. The Hall–Kier alpha value is -3.52. The van der Waals surface area contributed by atoms with Gasteiger partial charge in [-0.05, 0) is 42.0 Å². The van der Waals surface area contributed by atoms with Crippen molar-refractivity contribution < 1.29 is 9.53 Å². The molecule has 174 valence electrons. The second kappa shape index (κ2) is 10.2. The number of rotatable bonds is 7. The fraction of sp³-hybridized carbons (Fsp3) is 0.269. The molecule has 7 nitrogen and oxygen atoms in total. The second-order valence-electron chi connectivity index (χ2n) is 8.19. The van der Waals surface area contributed by atoms with Crippen molar-refractivity contribution in [2.75, 3.05) is 38.2 Å². The van der Waals surface area contributed by atoms with E-state index in [1.54, 1.807) is 18.9 Å². The summed E-state index contributed by atoms with van der Waals surface area (Å²) in [6.45, 7) is 3.34. The fourth-order valence-corrected chi connectivity index (χ4v) is 5.15. The van der Waals surface area contributed by atoms with Crippen molar-refractivity contribution in [2.45, 2.75) is 17.3 Å². The minimum Gasteiger partial charge on any atom is -0.497 e. The molecule has 8 heteroatoms. The number of aromatic nitrogens is 3. The van der Waals surface area contributed by atoms with E-state index in [1.807, 2.05) is 64.5 Å². The molecule has 3 aromatic heterocycles. The van der Waals surface area contributed by atoms with Crippen LogP contribution in [0.1, 0.15) is 5.56 Å². The summed E-state index contributed by atoms with van der Waals surface area (Å²) in [5.74, 6) is 2.79. The van der Waals surface area contributed by atoms with Crippen LogP contribution in [0, 0.1) is 0 Å². The van der Waals surface area contributed by atoms with Crippen molar-refractivity contribution in [3.63, 3.8) is 0 Å². The number of hydrogen-bond donors (Lipinski definition) is 0. The number of benzene rings is 1. The van der Waals surface area contributed by atoms with Gasteiger partial charge in [-0.2, -0.15) is 0 Å². The van der Waals surface area contributed by atoms with Crippen LogP contribution in [-0.4, -0.2) is 58.6 Å². The van der Waals surface area contributed by atoms with E-state index in [0.717, 1.165) is 46.3 Å². The molecule has 1 amide bonds. The first kappa shape index (κ1) is 22.3. The maximum atomic E-state index is 13.0. The summed E-state index contributed by atoms with van der Waals surface area (Å²) in [5.41, 5.74) is 2.25. The Morgan fingerprint density at radius 1 is 0.971 bits per heavy atom. The highest BCUT2D eigenvalue weighted by Crippen LogP contribution is 2.29. The Kier molecular flexibility index (Phi) is 6.67. The number of carbonyl (C=O) groups is 1. The summed E-state index contributed by atoms with van der Waals surface area (Å²) in [7, 11) is 1.67. The summed E-state index contributed by atoms with van der Waals surface area (Å²) < 4.78 is 7.26. The van der Waals surface area contributed by atoms with Crippen LogP contribution in [0.3, 0.4) is 0 Å². The van der Waals surface area contributed by atoms with Crippen molar-refractivity contribution in [1.29, 1.82) is 0 Å². The van der Waals surface area contributed by atoms with Crippen LogP contribution in [0.25, 0.3) is 10.9 Å². The molecule has 4 aromatic rings. The van der Waals surface area contributed by atoms with Crippen LogP contribution in [-0.2, 0) is 17.1 Å². The summed E-state index contributed by atoms with van der Waals surface area (Å²) in [6, 6.07) is 18.1. The standard InChI is InChI=1S/C26H27N5O2S/c1-33-21-7-5-20(6-8-21)19-34-26-22-10-13-31(23(22)9-12-28-26)18-25(32)30-16-14-29(15-17-30)24-4-2-3-11-27-24/h2-13H,14-19H2,1H3. The molecule has 34 heavy (non-hydrogen) atoms. The second-order valence-corrected chi connectivity index (χ2v) is 9.15. The van der Waals surface area contributed by atoms with E-state index >= 15 is 0 Å². The zero-order valence-corrected chi connectivity index (χ0v) is 19.9. The summed E-state index contributed by atoms with van der Waals surface area (Å²) in [5, 5.41) is 2.05. The summed E-state index contributed by atoms with van der Waals surface area (Å²) >= 11 is 1.70. The predicted octanol–water partition coefficient (Wildman–Crippen LogP) is 4.08. The van der Waals surface area contributed by atoms with Gasteiger partial charge in [0, 0.05) is 55.9 Å². The highest BCUT2D eigenvalue weighted by molar-refractivity contribution is 7.98. The van der Waals surface area contributed by atoms with Gasteiger partial charge in [-0.1, -0.05) is 18.2 Å². The number of methoxy groups -OCH3 is 1. The van der Waals surface area contributed by atoms with E-state index in [9.17, 15) is 4.79 Å². The molecular formula is C26H27N5O2S. The van der Waals surface area contributed by atoms with E-state index in [0.29, 0.717) is 19.6 Å². The molecule has 0 N–H and O–H groups in total. The van der Waals surface area contributed by atoms with Gasteiger partial charge in [-0.3, -0.25) is 4.79 Å². The first-order valence-corrected chi connectivity index (χ1v) is 12.3. The van der Waals surface area contributed by atoms with Gasteiger partial charge in [0.25, 0.3) is 0 Å². The monoisotopic (exact) mass is 473 g/mol. The Morgan fingerprint density at radius 3 is 2.53 bits per heavy atom. The molecule has 4 heterocycles. The molecular weight excluding hydrogens is 446 g/mol. The van der Waals surface area contributed by atoms with E-state index in [-0.39, 0.29) is 5.91 Å². The molecule has 1 aliphatic heterocycles. The Morgan fingerprint density at radius 2 is 1.79 bits per heavy atom. The number of ether oxygens (including phenoxy) is 1. The average Bonchev–Trinajstić information content (AvgIpc) is 3.31. The fourth-order valence-electron chi connectivity index (χ4n) is 4.19. The topological polar surface area (TPSA) is 63.5 Å². The molecule has 0 aliphatic carbocycles. The van der Waals surface area contributed by atoms with Crippen LogP contribution in [0.4, 0.5) is 5.82 Å². The number of amides is 1. The quantitative estimate of drug-likeness (QED) is 0.377. The van der Waals surface area contributed by atoms with Gasteiger partial charge >= 0.3 is 0 Å². The average molecular weight is 474 g/mol. The lowest BCUT2D eigenvalue weighted by Gasteiger charge is -2.35. The normalized spacial score (nSPS) is 13.9. The summed E-state index contributed by atoms with van der Waals surface area (Å²) in [6.07, 6.45) is 5.62. The smallest absolute Gasteiger partial charge is 0.242 e. The lowest BCUT2D eigenvalue weighted by Crippen LogP contribution is -2.49. The Labute approximate surface area is 203 Å². The first-order valence-electron chi connectivity index (χ1n) is 11.3. The molecule has 1 saturated heterocycles. The molecule has 1 aromatic carbocycles. The van der Waals surface area contributed by atoms with Crippen molar-refractivity contribution >= 4 is 34.4 Å². The molecule has 0 atom stereocenters. The van der Waals surface area contributed by atoms with Gasteiger partial charge in [0.2, 0.25) is 5.91 Å². The van der Waals surface area contributed by atoms with E-state index in [1.165, 1.54) is 5.56 Å². The molecule has 0 unspecified atom stereocenters. The third-order valence-electron chi connectivity index (χ3n) is 6.11. The molecule has 1 fully saturated rings. The van der Waals surface area contributed by atoms with Crippen LogP contribution < -0.4 is 9.64 Å². The molecule has 1 aliphatic rings.